The molecule has 3 N–H and O–H groups in total. The van der Waals surface area contributed by atoms with E-state index in [1.165, 1.54) is 32.6 Å². The number of carbonyl (C=O) groups is 1. The first-order valence-electron chi connectivity index (χ1n) is 7.79. The van der Waals surface area contributed by atoms with Crippen LogP contribution in [0.2, 0.25) is 0 Å². The van der Waals surface area contributed by atoms with Gasteiger partial charge in [-0.2, -0.15) is 5.10 Å². The highest BCUT2D eigenvalue weighted by molar-refractivity contribution is 6.02. The molecule has 0 fully saturated rings. The van der Waals surface area contributed by atoms with E-state index in [2.05, 4.69) is 20.5 Å². The van der Waals surface area contributed by atoms with Crippen molar-refractivity contribution in [3.63, 3.8) is 0 Å². The maximum Gasteiger partial charge on any atom is 0.280 e. The zero-order valence-electron chi connectivity index (χ0n) is 14.5. The number of nitrogens with zero attached hydrogens (tertiary/aromatic N) is 2. The second-order valence-electron chi connectivity index (χ2n) is 5.42. The van der Waals surface area contributed by atoms with E-state index < -0.39 is 22.8 Å². The van der Waals surface area contributed by atoms with E-state index in [4.69, 9.17) is 9.47 Å². The molecular formula is C18H16N4O5. The Balaban J connectivity index is 1.97. The van der Waals surface area contributed by atoms with E-state index in [9.17, 15) is 14.7 Å². The molecular weight excluding hydrogens is 352 g/mol. The molecule has 3 aromatic rings. The fourth-order valence-corrected chi connectivity index (χ4v) is 2.49. The number of hydrazone groups is 1. The first kappa shape index (κ1) is 17.9. The molecule has 1 aromatic carbocycles. The average molecular weight is 368 g/mol. The largest absolute Gasteiger partial charge is 0.506 e. The average Bonchev–Trinajstić information content (AvgIpc) is 2.68. The molecule has 0 saturated heterocycles. The zero-order chi connectivity index (χ0) is 19.4. The number of methoxy groups -OCH3 is 2. The first-order valence-corrected chi connectivity index (χ1v) is 7.79. The summed E-state index contributed by atoms with van der Waals surface area (Å²) in [5.74, 6) is -0.624. The van der Waals surface area contributed by atoms with Crippen LogP contribution in [0.1, 0.15) is 15.9 Å². The highest BCUT2D eigenvalue weighted by Crippen LogP contribution is 2.35. The van der Waals surface area contributed by atoms with Crippen molar-refractivity contribution in [3.05, 3.63) is 58.1 Å². The van der Waals surface area contributed by atoms with Crippen LogP contribution in [0.4, 0.5) is 0 Å². The summed E-state index contributed by atoms with van der Waals surface area (Å²) in [6.07, 6.45) is 4.52. The predicted octanol–water partition coefficient (Wildman–Crippen LogP) is 1.41. The monoisotopic (exact) mass is 368 g/mol. The highest BCUT2D eigenvalue weighted by atomic mass is 16.5. The molecule has 9 nitrogen and oxygen atoms in total. The topological polar surface area (TPSA) is 126 Å². The third kappa shape index (κ3) is 3.56. The molecule has 2 heterocycles. The number of carbonyl (C=O) groups excluding carboxylic acids is 1. The van der Waals surface area contributed by atoms with Crippen molar-refractivity contribution in [1.82, 2.24) is 15.4 Å². The fraction of sp³-hybridized carbons (Fsp3) is 0.111. The van der Waals surface area contributed by atoms with Crippen molar-refractivity contribution in [2.75, 3.05) is 14.2 Å². The van der Waals surface area contributed by atoms with E-state index >= 15 is 0 Å². The maximum absolute atomic E-state index is 12.3. The van der Waals surface area contributed by atoms with Crippen LogP contribution < -0.4 is 20.5 Å². The molecule has 0 aliphatic rings. The van der Waals surface area contributed by atoms with Crippen molar-refractivity contribution in [1.29, 1.82) is 0 Å². The highest BCUT2D eigenvalue weighted by Gasteiger charge is 2.20. The minimum Gasteiger partial charge on any atom is -0.506 e. The third-order valence-corrected chi connectivity index (χ3v) is 3.78. The molecule has 0 atom stereocenters. The molecule has 0 aliphatic carbocycles. The van der Waals surface area contributed by atoms with E-state index in [1.807, 2.05) is 0 Å². The number of pyridine rings is 2. The van der Waals surface area contributed by atoms with Crippen LogP contribution in [0, 0.1) is 0 Å². The molecule has 0 spiro atoms. The Hall–Kier alpha value is -3.88. The second kappa shape index (κ2) is 7.56. The molecule has 0 aliphatic heterocycles. The van der Waals surface area contributed by atoms with Gasteiger partial charge in [-0.15, -0.1) is 0 Å². The minimum absolute atomic E-state index is 0.230. The number of H-pyrrole nitrogens is 1. The van der Waals surface area contributed by atoms with Gasteiger partial charge in [0.2, 0.25) is 0 Å². The summed E-state index contributed by atoms with van der Waals surface area (Å²) in [5.41, 5.74) is 1.94. The number of nitrogens with one attached hydrogen (secondary N) is 2. The van der Waals surface area contributed by atoms with E-state index in [0.29, 0.717) is 22.6 Å². The van der Waals surface area contributed by atoms with Gasteiger partial charge in [-0.1, -0.05) is 6.07 Å². The van der Waals surface area contributed by atoms with Crippen molar-refractivity contribution in [2.45, 2.75) is 0 Å². The van der Waals surface area contributed by atoms with Gasteiger partial charge in [0.15, 0.2) is 11.5 Å². The van der Waals surface area contributed by atoms with Crippen molar-refractivity contribution in [3.8, 4) is 17.2 Å². The Morgan fingerprint density at radius 3 is 2.70 bits per heavy atom. The Labute approximate surface area is 153 Å². The number of hydrogen-bond donors (Lipinski definition) is 3. The number of amides is 1. The quantitative estimate of drug-likeness (QED) is 0.462. The Morgan fingerprint density at radius 1 is 1.30 bits per heavy atom. The lowest BCUT2D eigenvalue weighted by atomic mass is 10.1. The molecule has 138 valence electrons. The minimum atomic E-state index is -0.856. The predicted molar refractivity (Wildman–Crippen MR) is 98.6 cm³/mol. The summed E-state index contributed by atoms with van der Waals surface area (Å²) in [6.45, 7) is 0. The Morgan fingerprint density at radius 2 is 2.04 bits per heavy atom. The summed E-state index contributed by atoms with van der Waals surface area (Å²) in [5, 5.41) is 14.5. The van der Waals surface area contributed by atoms with E-state index in [0.717, 1.165) is 0 Å². The van der Waals surface area contributed by atoms with Gasteiger partial charge in [0.05, 0.1) is 26.0 Å². The molecule has 0 radical (unpaired) electrons. The molecule has 0 bridgehead atoms. The smallest absolute Gasteiger partial charge is 0.280 e. The third-order valence-electron chi connectivity index (χ3n) is 3.78. The zero-order valence-corrected chi connectivity index (χ0v) is 14.5. The summed E-state index contributed by atoms with van der Waals surface area (Å²) < 4.78 is 10.4. The summed E-state index contributed by atoms with van der Waals surface area (Å²) in [6, 6.07) is 6.42. The number of benzene rings is 1. The SMILES string of the molecule is COc1cc2[nH]c(=O)c(C(=O)N/N=C/c3cccnc3)c(O)c2cc1OC. The second-order valence-corrected chi connectivity index (χ2v) is 5.42. The lowest BCUT2D eigenvalue weighted by Gasteiger charge is -2.11. The standard InChI is InChI=1S/C18H16N4O5/c1-26-13-6-11-12(7-14(13)27-2)21-17(24)15(16(11)23)18(25)22-20-9-10-4-3-5-19-8-10/h3-9H,1-2H3,(H,22,25)(H2,21,23,24)/b20-9+. The van der Waals surface area contributed by atoms with Gasteiger partial charge in [-0.05, 0) is 12.1 Å². The molecule has 0 unspecified atom stereocenters. The number of aromatic nitrogens is 2. The van der Waals surface area contributed by atoms with Crippen LogP contribution in [0.3, 0.4) is 0 Å². The molecule has 3 rings (SSSR count). The molecule has 27 heavy (non-hydrogen) atoms. The number of aromatic amines is 1. The van der Waals surface area contributed by atoms with Gasteiger partial charge >= 0.3 is 0 Å². The summed E-state index contributed by atoms with van der Waals surface area (Å²) in [7, 11) is 2.89. The van der Waals surface area contributed by atoms with Crippen molar-refractivity contribution in [2.24, 2.45) is 5.10 Å². The van der Waals surface area contributed by atoms with Gasteiger partial charge in [0.25, 0.3) is 11.5 Å². The van der Waals surface area contributed by atoms with Crippen LogP contribution in [-0.2, 0) is 0 Å². The molecule has 1 amide bonds. The van der Waals surface area contributed by atoms with Crippen LogP contribution in [0.15, 0.2) is 46.6 Å². The first-order chi connectivity index (χ1) is 13.0. The molecule has 2 aromatic heterocycles. The normalized spacial score (nSPS) is 10.9. The number of hydrogen-bond acceptors (Lipinski definition) is 7. The lowest BCUT2D eigenvalue weighted by Crippen LogP contribution is -2.26. The van der Waals surface area contributed by atoms with Crippen molar-refractivity contribution < 1.29 is 19.4 Å². The van der Waals surface area contributed by atoms with Crippen molar-refractivity contribution >= 4 is 23.0 Å². The van der Waals surface area contributed by atoms with Crippen LogP contribution in [0.5, 0.6) is 17.2 Å². The number of aromatic hydroxyl groups is 1. The van der Waals surface area contributed by atoms with Crippen LogP contribution >= 0.6 is 0 Å². The number of ether oxygens (including phenoxy) is 2. The van der Waals surface area contributed by atoms with Gasteiger partial charge in [0.1, 0.15) is 11.3 Å². The van der Waals surface area contributed by atoms with Crippen LogP contribution in [-0.4, -0.2) is 41.4 Å². The number of fused-ring (bicyclic) bond motifs is 1. The summed E-state index contributed by atoms with van der Waals surface area (Å²) in [4.78, 5) is 31.0. The Bertz CT molecular complexity index is 1080. The van der Waals surface area contributed by atoms with Gasteiger partial charge in [-0.3, -0.25) is 14.6 Å². The van der Waals surface area contributed by atoms with Gasteiger partial charge < -0.3 is 19.6 Å². The lowest BCUT2D eigenvalue weighted by molar-refractivity contribution is 0.0951. The maximum atomic E-state index is 12.3. The van der Waals surface area contributed by atoms with Crippen LogP contribution in [0.25, 0.3) is 10.9 Å². The Kier molecular flexibility index (Phi) is 5.02. The fourth-order valence-electron chi connectivity index (χ4n) is 2.49. The van der Waals surface area contributed by atoms with Gasteiger partial charge in [0, 0.05) is 29.4 Å². The van der Waals surface area contributed by atoms with E-state index in [1.54, 1.807) is 24.5 Å². The summed E-state index contributed by atoms with van der Waals surface area (Å²) >= 11 is 0. The number of rotatable bonds is 5. The molecule has 9 heteroatoms. The molecule has 0 saturated carbocycles. The van der Waals surface area contributed by atoms with E-state index in [-0.39, 0.29) is 5.39 Å². The van der Waals surface area contributed by atoms with Gasteiger partial charge in [-0.25, -0.2) is 5.43 Å².